The molecule has 5 nitrogen and oxygen atoms in total. The maximum Gasteiger partial charge on any atom is 0.258 e. The Labute approximate surface area is 118 Å². The summed E-state index contributed by atoms with van der Waals surface area (Å²) in [6, 6.07) is 8.68. The SMILES string of the molecule is CC(NC(=O)COc1ccc(C#N)cc1)C1CCCO1. The molecule has 1 heterocycles. The molecule has 1 aromatic rings. The van der Waals surface area contributed by atoms with E-state index in [1.54, 1.807) is 24.3 Å². The van der Waals surface area contributed by atoms with E-state index in [2.05, 4.69) is 5.32 Å². The summed E-state index contributed by atoms with van der Waals surface area (Å²) in [7, 11) is 0. The molecule has 1 amide bonds. The van der Waals surface area contributed by atoms with Gasteiger partial charge in [-0.05, 0) is 44.0 Å². The van der Waals surface area contributed by atoms with Gasteiger partial charge in [-0.3, -0.25) is 4.79 Å². The molecule has 0 saturated carbocycles. The van der Waals surface area contributed by atoms with Crippen LogP contribution in [0.3, 0.4) is 0 Å². The highest BCUT2D eigenvalue weighted by molar-refractivity contribution is 5.77. The van der Waals surface area contributed by atoms with Crippen molar-refractivity contribution in [2.75, 3.05) is 13.2 Å². The van der Waals surface area contributed by atoms with Crippen LogP contribution in [-0.4, -0.2) is 31.3 Å². The van der Waals surface area contributed by atoms with E-state index >= 15 is 0 Å². The summed E-state index contributed by atoms with van der Waals surface area (Å²) in [5, 5.41) is 11.6. The molecule has 1 aliphatic rings. The third kappa shape index (κ3) is 3.97. The lowest BCUT2D eigenvalue weighted by Crippen LogP contribution is -2.42. The molecule has 2 unspecified atom stereocenters. The van der Waals surface area contributed by atoms with Crippen LogP contribution < -0.4 is 10.1 Å². The van der Waals surface area contributed by atoms with E-state index in [0.29, 0.717) is 11.3 Å². The van der Waals surface area contributed by atoms with Gasteiger partial charge < -0.3 is 14.8 Å². The molecular formula is C15H18N2O3. The molecule has 0 bridgehead atoms. The largest absolute Gasteiger partial charge is 0.484 e. The highest BCUT2D eigenvalue weighted by Crippen LogP contribution is 2.15. The minimum atomic E-state index is -0.169. The Morgan fingerprint density at radius 3 is 2.90 bits per heavy atom. The Kier molecular flexibility index (Phi) is 4.97. The standard InChI is InChI=1S/C15H18N2O3/c1-11(14-3-2-8-19-14)17-15(18)10-20-13-6-4-12(9-16)5-7-13/h4-7,11,14H,2-3,8,10H2,1H3,(H,17,18). The first-order valence-corrected chi connectivity index (χ1v) is 6.73. The van der Waals surface area contributed by atoms with Gasteiger partial charge in [-0.25, -0.2) is 0 Å². The van der Waals surface area contributed by atoms with Crippen molar-refractivity contribution in [3.8, 4) is 11.8 Å². The molecular weight excluding hydrogens is 256 g/mol. The number of amides is 1. The van der Waals surface area contributed by atoms with Crippen molar-refractivity contribution in [2.45, 2.75) is 31.9 Å². The highest BCUT2D eigenvalue weighted by Gasteiger charge is 2.23. The summed E-state index contributed by atoms with van der Waals surface area (Å²) in [6.07, 6.45) is 2.14. The maximum atomic E-state index is 11.8. The summed E-state index contributed by atoms with van der Waals surface area (Å²) in [6.45, 7) is 2.67. The molecule has 1 aromatic carbocycles. The van der Waals surface area contributed by atoms with Crippen LogP contribution >= 0.6 is 0 Å². The van der Waals surface area contributed by atoms with E-state index in [9.17, 15) is 4.79 Å². The Balaban J connectivity index is 1.75. The topological polar surface area (TPSA) is 71.3 Å². The van der Waals surface area contributed by atoms with Gasteiger partial charge in [-0.1, -0.05) is 0 Å². The van der Waals surface area contributed by atoms with Gasteiger partial charge in [0.15, 0.2) is 6.61 Å². The molecule has 106 valence electrons. The fourth-order valence-electron chi connectivity index (χ4n) is 2.16. The van der Waals surface area contributed by atoms with E-state index < -0.39 is 0 Å². The molecule has 1 fully saturated rings. The van der Waals surface area contributed by atoms with Gasteiger partial charge >= 0.3 is 0 Å². The number of hydrogen-bond acceptors (Lipinski definition) is 4. The minimum absolute atomic E-state index is 0.00503. The van der Waals surface area contributed by atoms with E-state index in [-0.39, 0.29) is 24.7 Å². The Bertz CT molecular complexity index is 487. The number of nitrogens with zero attached hydrogens (tertiary/aromatic N) is 1. The van der Waals surface area contributed by atoms with Crippen molar-refractivity contribution in [1.82, 2.24) is 5.32 Å². The number of benzene rings is 1. The molecule has 0 aromatic heterocycles. The minimum Gasteiger partial charge on any atom is -0.484 e. The molecule has 0 radical (unpaired) electrons. The van der Waals surface area contributed by atoms with E-state index in [1.165, 1.54) is 0 Å². The fraction of sp³-hybridized carbons (Fsp3) is 0.467. The van der Waals surface area contributed by atoms with Gasteiger partial charge in [0.05, 0.1) is 23.8 Å². The predicted octanol–water partition coefficient (Wildman–Crippen LogP) is 1.62. The summed E-state index contributed by atoms with van der Waals surface area (Å²) >= 11 is 0. The van der Waals surface area contributed by atoms with Crippen LogP contribution in [0.25, 0.3) is 0 Å². The van der Waals surface area contributed by atoms with E-state index in [1.807, 2.05) is 13.0 Å². The summed E-state index contributed by atoms with van der Waals surface area (Å²) in [5.74, 6) is 0.404. The fourth-order valence-corrected chi connectivity index (χ4v) is 2.16. The summed E-state index contributed by atoms with van der Waals surface area (Å²) < 4.78 is 10.9. The monoisotopic (exact) mass is 274 g/mol. The lowest BCUT2D eigenvalue weighted by atomic mass is 10.1. The second-order valence-corrected chi connectivity index (χ2v) is 4.83. The number of nitrogens with one attached hydrogen (secondary N) is 1. The molecule has 5 heteroatoms. The maximum absolute atomic E-state index is 11.8. The quantitative estimate of drug-likeness (QED) is 0.885. The lowest BCUT2D eigenvalue weighted by Gasteiger charge is -2.20. The van der Waals surface area contributed by atoms with Gasteiger partial charge in [-0.15, -0.1) is 0 Å². The van der Waals surface area contributed by atoms with Crippen molar-refractivity contribution in [3.63, 3.8) is 0 Å². The zero-order valence-corrected chi connectivity index (χ0v) is 11.5. The van der Waals surface area contributed by atoms with Crippen LogP contribution in [0.5, 0.6) is 5.75 Å². The predicted molar refractivity (Wildman–Crippen MR) is 73.2 cm³/mol. The average Bonchev–Trinajstić information content (AvgIpc) is 3.00. The number of rotatable bonds is 5. The van der Waals surface area contributed by atoms with Gasteiger partial charge in [0, 0.05) is 6.61 Å². The number of carbonyl (C=O) groups excluding carboxylic acids is 1. The van der Waals surface area contributed by atoms with Gasteiger partial charge in [-0.2, -0.15) is 5.26 Å². The highest BCUT2D eigenvalue weighted by atomic mass is 16.5. The van der Waals surface area contributed by atoms with Crippen molar-refractivity contribution in [1.29, 1.82) is 5.26 Å². The van der Waals surface area contributed by atoms with Crippen LogP contribution in [0.15, 0.2) is 24.3 Å². The van der Waals surface area contributed by atoms with Gasteiger partial charge in [0.1, 0.15) is 5.75 Å². The van der Waals surface area contributed by atoms with Crippen LogP contribution in [0.2, 0.25) is 0 Å². The Hall–Kier alpha value is -2.06. The normalized spacial score (nSPS) is 19.1. The van der Waals surface area contributed by atoms with Gasteiger partial charge in [0.25, 0.3) is 5.91 Å². The number of ether oxygens (including phenoxy) is 2. The zero-order valence-electron chi connectivity index (χ0n) is 11.5. The molecule has 1 N–H and O–H groups in total. The van der Waals surface area contributed by atoms with Crippen molar-refractivity contribution in [3.05, 3.63) is 29.8 Å². The van der Waals surface area contributed by atoms with Crippen LogP contribution in [-0.2, 0) is 9.53 Å². The molecule has 2 atom stereocenters. The average molecular weight is 274 g/mol. The van der Waals surface area contributed by atoms with Crippen molar-refractivity contribution in [2.24, 2.45) is 0 Å². The molecule has 2 rings (SSSR count). The zero-order chi connectivity index (χ0) is 14.4. The van der Waals surface area contributed by atoms with Crippen molar-refractivity contribution >= 4 is 5.91 Å². The second kappa shape index (κ2) is 6.92. The molecule has 1 aliphatic heterocycles. The van der Waals surface area contributed by atoms with Gasteiger partial charge in [0.2, 0.25) is 0 Å². The molecule has 0 aliphatic carbocycles. The Morgan fingerprint density at radius 2 is 2.30 bits per heavy atom. The van der Waals surface area contributed by atoms with Crippen LogP contribution in [0, 0.1) is 11.3 Å². The Morgan fingerprint density at radius 1 is 1.55 bits per heavy atom. The summed E-state index contributed by atoms with van der Waals surface area (Å²) in [4.78, 5) is 11.8. The first kappa shape index (κ1) is 14.4. The number of nitriles is 1. The van der Waals surface area contributed by atoms with Crippen molar-refractivity contribution < 1.29 is 14.3 Å². The molecule has 0 spiro atoms. The third-order valence-electron chi connectivity index (χ3n) is 3.26. The second-order valence-electron chi connectivity index (χ2n) is 4.83. The van der Waals surface area contributed by atoms with E-state index in [0.717, 1.165) is 19.4 Å². The third-order valence-corrected chi connectivity index (χ3v) is 3.26. The number of carbonyl (C=O) groups is 1. The van der Waals surface area contributed by atoms with E-state index in [4.69, 9.17) is 14.7 Å². The van der Waals surface area contributed by atoms with Crippen LogP contribution in [0.1, 0.15) is 25.3 Å². The lowest BCUT2D eigenvalue weighted by molar-refractivity contribution is -0.124. The smallest absolute Gasteiger partial charge is 0.258 e. The molecule has 1 saturated heterocycles. The summed E-state index contributed by atoms with van der Waals surface area (Å²) in [5.41, 5.74) is 0.564. The number of hydrogen-bond donors (Lipinski definition) is 1. The first-order chi connectivity index (χ1) is 9.69. The van der Waals surface area contributed by atoms with Crippen LogP contribution in [0.4, 0.5) is 0 Å². The molecule has 20 heavy (non-hydrogen) atoms. The first-order valence-electron chi connectivity index (χ1n) is 6.73.